The first-order valence-corrected chi connectivity index (χ1v) is 7.72. The number of hydrogen-bond acceptors (Lipinski definition) is 2. The Morgan fingerprint density at radius 3 is 2.45 bits per heavy atom. The molecule has 1 aromatic rings. The van der Waals surface area contributed by atoms with Crippen molar-refractivity contribution in [3.63, 3.8) is 0 Å². The minimum absolute atomic E-state index is 0.340. The molecule has 1 saturated carbocycles. The first-order chi connectivity index (χ1) is 9.65. The number of anilines is 1. The summed E-state index contributed by atoms with van der Waals surface area (Å²) in [5.41, 5.74) is 1.35. The quantitative estimate of drug-likeness (QED) is 0.756. The number of carboxylic acid groups (broad SMARTS) is 1. The summed E-state index contributed by atoms with van der Waals surface area (Å²) in [6, 6.07) is 6.97. The molecular formula is C17H25NO2. The lowest BCUT2D eigenvalue weighted by molar-refractivity contribution is 0.0697. The fourth-order valence-corrected chi connectivity index (χ4v) is 2.97. The molecule has 3 nitrogen and oxygen atoms in total. The highest BCUT2D eigenvalue weighted by molar-refractivity contribution is 5.87. The molecule has 0 aliphatic heterocycles. The van der Waals surface area contributed by atoms with Gasteiger partial charge >= 0.3 is 5.97 Å². The van der Waals surface area contributed by atoms with Gasteiger partial charge in [0.15, 0.2) is 0 Å². The molecule has 1 aromatic carbocycles. The largest absolute Gasteiger partial charge is 0.478 e. The summed E-state index contributed by atoms with van der Waals surface area (Å²) in [6.07, 6.45) is 8.10. The number of carboxylic acids is 1. The second-order valence-electron chi connectivity index (χ2n) is 6.08. The monoisotopic (exact) mass is 275 g/mol. The van der Waals surface area contributed by atoms with Gasteiger partial charge in [0, 0.05) is 12.2 Å². The Morgan fingerprint density at radius 2 is 1.85 bits per heavy atom. The van der Waals surface area contributed by atoms with E-state index in [4.69, 9.17) is 5.11 Å². The summed E-state index contributed by atoms with van der Waals surface area (Å²) in [6.45, 7) is 3.33. The first-order valence-electron chi connectivity index (χ1n) is 7.72. The first kappa shape index (κ1) is 14.9. The molecular weight excluding hydrogens is 250 g/mol. The van der Waals surface area contributed by atoms with Gasteiger partial charge in [0.2, 0.25) is 0 Å². The minimum Gasteiger partial charge on any atom is -0.478 e. The van der Waals surface area contributed by atoms with Crippen LogP contribution in [0, 0.1) is 11.8 Å². The molecule has 2 rings (SSSR count). The Labute approximate surface area is 121 Å². The highest BCUT2D eigenvalue weighted by Gasteiger charge is 2.17. The van der Waals surface area contributed by atoms with Gasteiger partial charge in [-0.3, -0.25) is 0 Å². The Bertz CT molecular complexity index is 419. The lowest BCUT2D eigenvalue weighted by Gasteiger charge is -2.26. The van der Waals surface area contributed by atoms with Gasteiger partial charge in [-0.2, -0.15) is 0 Å². The molecule has 0 aromatic heterocycles. The molecule has 1 aliphatic rings. The number of benzene rings is 1. The van der Waals surface area contributed by atoms with Crippen LogP contribution in [0.2, 0.25) is 0 Å². The van der Waals surface area contributed by atoms with E-state index in [1.54, 1.807) is 12.1 Å². The van der Waals surface area contributed by atoms with E-state index in [9.17, 15) is 4.79 Å². The molecule has 0 saturated heterocycles. The molecule has 0 heterocycles. The van der Waals surface area contributed by atoms with Crippen molar-refractivity contribution in [3.05, 3.63) is 29.8 Å². The maximum atomic E-state index is 10.8. The van der Waals surface area contributed by atoms with E-state index >= 15 is 0 Å². The van der Waals surface area contributed by atoms with Crippen LogP contribution in [0.15, 0.2) is 24.3 Å². The van der Waals surface area contributed by atoms with Crippen LogP contribution in [0.5, 0.6) is 0 Å². The van der Waals surface area contributed by atoms with Crippen molar-refractivity contribution in [1.82, 2.24) is 0 Å². The van der Waals surface area contributed by atoms with Gasteiger partial charge in [-0.25, -0.2) is 4.79 Å². The molecule has 2 N–H and O–H groups in total. The summed E-state index contributed by atoms with van der Waals surface area (Å²) in [4.78, 5) is 10.8. The molecule has 3 heteroatoms. The lowest BCUT2D eigenvalue weighted by Crippen LogP contribution is -2.13. The summed E-state index contributed by atoms with van der Waals surface area (Å²) in [5.74, 6) is 0.975. The third-order valence-electron chi connectivity index (χ3n) is 4.39. The molecule has 1 fully saturated rings. The Morgan fingerprint density at radius 1 is 1.20 bits per heavy atom. The third kappa shape index (κ3) is 4.55. The van der Waals surface area contributed by atoms with Crippen molar-refractivity contribution in [2.24, 2.45) is 11.8 Å². The van der Waals surface area contributed by atoms with Gasteiger partial charge in [-0.15, -0.1) is 0 Å². The van der Waals surface area contributed by atoms with Crippen LogP contribution in [0.3, 0.4) is 0 Å². The average Bonchev–Trinajstić information content (AvgIpc) is 2.46. The fraction of sp³-hybridized carbons (Fsp3) is 0.588. The third-order valence-corrected chi connectivity index (χ3v) is 4.39. The number of carbonyl (C=O) groups is 1. The van der Waals surface area contributed by atoms with Crippen LogP contribution in [0.1, 0.15) is 55.8 Å². The van der Waals surface area contributed by atoms with E-state index < -0.39 is 5.97 Å². The van der Waals surface area contributed by atoms with Crippen molar-refractivity contribution >= 4 is 11.7 Å². The SMILES string of the molecule is CC1CCC(CCCNc2ccc(C(=O)O)cc2)CC1. The van der Waals surface area contributed by atoms with Crippen LogP contribution >= 0.6 is 0 Å². The van der Waals surface area contributed by atoms with Gasteiger partial charge < -0.3 is 10.4 Å². The Balaban J connectivity index is 1.64. The summed E-state index contributed by atoms with van der Waals surface area (Å²) >= 11 is 0. The molecule has 0 unspecified atom stereocenters. The molecule has 20 heavy (non-hydrogen) atoms. The van der Waals surface area contributed by atoms with Gasteiger partial charge in [0.1, 0.15) is 0 Å². The number of hydrogen-bond donors (Lipinski definition) is 2. The molecule has 0 amide bonds. The number of rotatable bonds is 6. The minimum atomic E-state index is -0.872. The van der Waals surface area contributed by atoms with Gasteiger partial charge in [0.25, 0.3) is 0 Å². The van der Waals surface area contributed by atoms with Crippen molar-refractivity contribution in [1.29, 1.82) is 0 Å². The van der Waals surface area contributed by atoms with Crippen LogP contribution < -0.4 is 5.32 Å². The lowest BCUT2D eigenvalue weighted by atomic mass is 9.81. The zero-order chi connectivity index (χ0) is 14.4. The highest BCUT2D eigenvalue weighted by atomic mass is 16.4. The number of aromatic carboxylic acids is 1. The zero-order valence-corrected chi connectivity index (χ0v) is 12.3. The Hall–Kier alpha value is -1.51. The predicted molar refractivity (Wildman–Crippen MR) is 82.2 cm³/mol. The van der Waals surface area contributed by atoms with Crippen molar-refractivity contribution in [2.45, 2.75) is 45.4 Å². The molecule has 1 aliphatic carbocycles. The van der Waals surface area contributed by atoms with E-state index in [-0.39, 0.29) is 0 Å². The topological polar surface area (TPSA) is 49.3 Å². The van der Waals surface area contributed by atoms with Crippen molar-refractivity contribution in [3.8, 4) is 0 Å². The van der Waals surface area contributed by atoms with Gasteiger partial charge in [-0.1, -0.05) is 32.6 Å². The molecule has 0 bridgehead atoms. The highest BCUT2D eigenvalue weighted by Crippen LogP contribution is 2.30. The predicted octanol–water partition coefficient (Wildman–Crippen LogP) is 4.40. The average molecular weight is 275 g/mol. The molecule has 0 atom stereocenters. The smallest absolute Gasteiger partial charge is 0.335 e. The fourth-order valence-electron chi connectivity index (χ4n) is 2.97. The summed E-state index contributed by atoms with van der Waals surface area (Å²) in [7, 11) is 0. The van der Waals surface area contributed by atoms with E-state index in [0.717, 1.165) is 24.1 Å². The van der Waals surface area contributed by atoms with Crippen LogP contribution in [-0.4, -0.2) is 17.6 Å². The zero-order valence-electron chi connectivity index (χ0n) is 12.3. The van der Waals surface area contributed by atoms with E-state index in [2.05, 4.69) is 12.2 Å². The van der Waals surface area contributed by atoms with E-state index in [1.165, 1.54) is 38.5 Å². The second kappa shape index (κ2) is 7.32. The maximum Gasteiger partial charge on any atom is 0.335 e. The van der Waals surface area contributed by atoms with E-state index in [1.807, 2.05) is 12.1 Å². The van der Waals surface area contributed by atoms with E-state index in [0.29, 0.717) is 5.56 Å². The molecule has 0 spiro atoms. The van der Waals surface area contributed by atoms with Crippen LogP contribution in [0.4, 0.5) is 5.69 Å². The number of nitrogens with one attached hydrogen (secondary N) is 1. The van der Waals surface area contributed by atoms with Crippen LogP contribution in [-0.2, 0) is 0 Å². The Kier molecular flexibility index (Phi) is 5.45. The standard InChI is InChI=1S/C17H25NO2/c1-13-4-6-14(7-5-13)3-2-12-18-16-10-8-15(9-11-16)17(19)20/h8-11,13-14,18H,2-7,12H2,1H3,(H,19,20). The molecule has 0 radical (unpaired) electrons. The summed E-state index contributed by atoms with van der Waals surface area (Å²) < 4.78 is 0. The maximum absolute atomic E-state index is 10.8. The van der Waals surface area contributed by atoms with Crippen LogP contribution in [0.25, 0.3) is 0 Å². The van der Waals surface area contributed by atoms with Crippen molar-refractivity contribution < 1.29 is 9.90 Å². The van der Waals surface area contributed by atoms with Gasteiger partial charge in [0.05, 0.1) is 5.56 Å². The van der Waals surface area contributed by atoms with Gasteiger partial charge in [-0.05, 0) is 48.9 Å². The summed E-state index contributed by atoms with van der Waals surface area (Å²) in [5, 5.41) is 12.2. The second-order valence-corrected chi connectivity index (χ2v) is 6.08. The normalized spacial score (nSPS) is 22.4. The molecule has 110 valence electrons. The van der Waals surface area contributed by atoms with Crippen molar-refractivity contribution in [2.75, 3.05) is 11.9 Å².